The van der Waals surface area contributed by atoms with Crippen LogP contribution in [0.4, 0.5) is 11.4 Å². The Morgan fingerprint density at radius 1 is 0.500 bits per heavy atom. The van der Waals surface area contributed by atoms with E-state index < -0.39 is 0 Å². The molecule has 0 aliphatic rings. The van der Waals surface area contributed by atoms with E-state index in [1.807, 2.05) is 6.08 Å². The van der Waals surface area contributed by atoms with Gasteiger partial charge in [-0.3, -0.25) is 0 Å². The summed E-state index contributed by atoms with van der Waals surface area (Å²) >= 11 is 0. The summed E-state index contributed by atoms with van der Waals surface area (Å²) < 4.78 is 4.64. The Balaban J connectivity index is 1.14. The maximum absolute atomic E-state index is 4.04. The van der Waals surface area contributed by atoms with Gasteiger partial charge in [-0.05, 0) is 90.0 Å². The monoisotopic (exact) mass is 565 g/mol. The summed E-state index contributed by atoms with van der Waals surface area (Å²) in [7, 11) is 2.12. The van der Waals surface area contributed by atoms with Crippen molar-refractivity contribution in [2.24, 2.45) is 0 Å². The number of fused-ring (bicyclic) bond motifs is 4. The van der Waals surface area contributed by atoms with Crippen LogP contribution in [0, 0.1) is 0 Å². The summed E-state index contributed by atoms with van der Waals surface area (Å²) in [5, 5.41) is 3.73. The average molecular weight is 566 g/mol. The highest BCUT2D eigenvalue weighted by Crippen LogP contribution is 2.36. The van der Waals surface area contributed by atoms with Gasteiger partial charge in [0.05, 0.1) is 16.6 Å². The Morgan fingerprint density at radius 3 is 1.80 bits per heavy atom. The highest BCUT2D eigenvalue weighted by molar-refractivity contribution is 6.10. The van der Waals surface area contributed by atoms with E-state index in [4.69, 9.17) is 0 Å². The van der Waals surface area contributed by atoms with E-state index >= 15 is 0 Å². The number of para-hydroxylation sites is 2. The Morgan fingerprint density at radius 2 is 1.09 bits per heavy atom. The van der Waals surface area contributed by atoms with Crippen LogP contribution in [-0.2, 0) is 0 Å². The molecule has 0 aliphatic carbocycles. The lowest BCUT2D eigenvalue weighted by molar-refractivity contribution is 1.10. The first kappa shape index (κ1) is 25.9. The summed E-state index contributed by atoms with van der Waals surface area (Å²) in [5.74, 6) is 0. The van der Waals surface area contributed by atoms with Crippen LogP contribution in [0.15, 0.2) is 158 Å². The van der Waals surface area contributed by atoms with E-state index in [-0.39, 0.29) is 0 Å². The van der Waals surface area contributed by atoms with Crippen LogP contribution in [0.2, 0.25) is 0 Å². The Bertz CT molecular complexity index is 2290. The number of nitrogens with zero attached hydrogens (tertiary/aromatic N) is 3. The first-order chi connectivity index (χ1) is 21.7. The topological polar surface area (TPSA) is 13.1 Å². The molecule has 0 spiro atoms. The van der Waals surface area contributed by atoms with Gasteiger partial charge in [-0.25, -0.2) is 0 Å². The second-order valence-corrected chi connectivity index (χ2v) is 11.2. The first-order valence-corrected chi connectivity index (χ1v) is 15.0. The van der Waals surface area contributed by atoms with Gasteiger partial charge in [-0.2, -0.15) is 0 Å². The summed E-state index contributed by atoms with van der Waals surface area (Å²) in [4.78, 5) is 2.23. The Kier molecular flexibility index (Phi) is 6.16. The second-order valence-electron chi connectivity index (χ2n) is 11.2. The van der Waals surface area contributed by atoms with Gasteiger partial charge in [0.1, 0.15) is 0 Å². The summed E-state index contributed by atoms with van der Waals surface area (Å²) in [6.45, 7) is 4.04. The van der Waals surface area contributed by atoms with E-state index in [2.05, 4.69) is 179 Å². The minimum absolute atomic E-state index is 1.09. The molecule has 0 amide bonds. The number of hydrogen-bond donors (Lipinski definition) is 0. The fourth-order valence-corrected chi connectivity index (χ4v) is 6.47. The van der Waals surface area contributed by atoms with Crippen LogP contribution >= 0.6 is 0 Å². The molecular weight excluding hydrogens is 534 g/mol. The first-order valence-electron chi connectivity index (χ1n) is 15.0. The number of anilines is 2. The van der Waals surface area contributed by atoms with Crippen molar-refractivity contribution < 1.29 is 0 Å². The number of hydrogen-bond acceptors (Lipinski definition) is 1. The van der Waals surface area contributed by atoms with Crippen LogP contribution in [0.3, 0.4) is 0 Å². The largest absolute Gasteiger partial charge is 0.345 e. The zero-order valence-corrected chi connectivity index (χ0v) is 24.6. The molecule has 2 aromatic heterocycles. The smallest absolute Gasteiger partial charge is 0.0547 e. The molecule has 3 heteroatoms. The normalized spacial score (nSPS) is 11.4. The lowest BCUT2D eigenvalue weighted by atomic mass is 10.0. The molecule has 0 saturated heterocycles. The van der Waals surface area contributed by atoms with Crippen molar-refractivity contribution in [3.63, 3.8) is 0 Å². The summed E-state index contributed by atoms with van der Waals surface area (Å²) in [6.07, 6.45) is 1.92. The summed E-state index contributed by atoms with van der Waals surface area (Å²) in [5.41, 5.74) is 11.6. The predicted octanol–water partition coefficient (Wildman–Crippen LogP) is 10.8. The van der Waals surface area contributed by atoms with Crippen LogP contribution < -0.4 is 4.90 Å². The molecule has 3 nitrogen and oxygen atoms in total. The summed E-state index contributed by atoms with van der Waals surface area (Å²) in [6, 6.07) is 54.3. The molecule has 210 valence electrons. The molecule has 8 rings (SSSR count). The van der Waals surface area contributed by atoms with Gasteiger partial charge in [0.25, 0.3) is 0 Å². The van der Waals surface area contributed by atoms with Gasteiger partial charge in [0.15, 0.2) is 0 Å². The third-order valence-corrected chi connectivity index (χ3v) is 8.72. The molecule has 0 saturated carbocycles. The Labute approximate surface area is 257 Å². The third kappa shape index (κ3) is 4.21. The van der Waals surface area contributed by atoms with Gasteiger partial charge < -0.3 is 14.0 Å². The number of aromatic nitrogens is 2. The SMILES string of the molecule is C=Cc1cc2ccccc2n1-c1ccc(N(C)c2ccc(-n3c4ccccc4c4ccc(-c5ccccc5)cc43)cc2)cc1. The molecule has 0 unspecified atom stereocenters. The Hall–Kier alpha value is -5.80. The number of benzene rings is 6. The lowest BCUT2D eigenvalue weighted by Gasteiger charge is -2.21. The molecule has 0 bridgehead atoms. The molecular formula is C41H31N3. The molecule has 0 radical (unpaired) electrons. The molecule has 0 aliphatic heterocycles. The third-order valence-electron chi connectivity index (χ3n) is 8.72. The van der Waals surface area contributed by atoms with Gasteiger partial charge >= 0.3 is 0 Å². The van der Waals surface area contributed by atoms with Gasteiger partial charge in [-0.1, -0.05) is 85.4 Å². The second kappa shape index (κ2) is 10.5. The van der Waals surface area contributed by atoms with Crippen molar-refractivity contribution in [1.82, 2.24) is 9.13 Å². The van der Waals surface area contributed by atoms with E-state index in [1.54, 1.807) is 0 Å². The van der Waals surface area contributed by atoms with Crippen molar-refractivity contribution in [3.8, 4) is 22.5 Å². The zero-order chi connectivity index (χ0) is 29.6. The zero-order valence-electron chi connectivity index (χ0n) is 24.6. The molecule has 44 heavy (non-hydrogen) atoms. The number of rotatable bonds is 6. The van der Waals surface area contributed by atoms with Crippen molar-refractivity contribution in [2.45, 2.75) is 0 Å². The van der Waals surface area contributed by atoms with Gasteiger partial charge in [-0.15, -0.1) is 0 Å². The van der Waals surface area contributed by atoms with Gasteiger partial charge in [0, 0.05) is 51.6 Å². The minimum Gasteiger partial charge on any atom is -0.345 e. The van der Waals surface area contributed by atoms with Crippen molar-refractivity contribution in [1.29, 1.82) is 0 Å². The fraction of sp³-hybridized carbons (Fsp3) is 0.0244. The highest BCUT2D eigenvalue weighted by Gasteiger charge is 2.14. The molecule has 0 N–H and O–H groups in total. The average Bonchev–Trinajstić information content (AvgIpc) is 3.64. The molecule has 0 fully saturated rings. The fourth-order valence-electron chi connectivity index (χ4n) is 6.47. The molecule has 2 heterocycles. The van der Waals surface area contributed by atoms with Gasteiger partial charge in [0.2, 0.25) is 0 Å². The maximum atomic E-state index is 4.04. The van der Waals surface area contributed by atoms with E-state index in [9.17, 15) is 0 Å². The maximum Gasteiger partial charge on any atom is 0.0547 e. The minimum atomic E-state index is 1.09. The lowest BCUT2D eigenvalue weighted by Crippen LogP contribution is -2.09. The van der Waals surface area contributed by atoms with Crippen molar-refractivity contribution in [2.75, 3.05) is 11.9 Å². The van der Waals surface area contributed by atoms with Crippen LogP contribution in [0.5, 0.6) is 0 Å². The van der Waals surface area contributed by atoms with Crippen LogP contribution in [-0.4, -0.2) is 16.2 Å². The van der Waals surface area contributed by atoms with Crippen LogP contribution in [0.25, 0.3) is 61.3 Å². The predicted molar refractivity (Wildman–Crippen MR) is 188 cm³/mol. The van der Waals surface area contributed by atoms with Crippen LogP contribution in [0.1, 0.15) is 5.69 Å². The molecule has 0 atom stereocenters. The highest BCUT2D eigenvalue weighted by atomic mass is 15.1. The van der Waals surface area contributed by atoms with Crippen molar-refractivity contribution >= 4 is 50.2 Å². The quantitative estimate of drug-likeness (QED) is 0.195. The molecule has 8 aromatic rings. The van der Waals surface area contributed by atoms with E-state index in [1.165, 1.54) is 43.8 Å². The van der Waals surface area contributed by atoms with E-state index in [0.717, 1.165) is 28.4 Å². The standard InChI is InChI=1S/C41H31N3/c1-3-32-27-31-13-7-9-15-39(31)43(32)35-22-18-33(19-23-35)42(2)34-20-24-36(25-21-34)44-40-16-10-8-14-37(40)38-26-17-30(28-41(38)44)29-11-5-4-6-12-29/h3-28H,1H2,2H3. The molecule has 6 aromatic carbocycles. The van der Waals surface area contributed by atoms with E-state index in [0.29, 0.717) is 0 Å². The van der Waals surface area contributed by atoms with Crippen molar-refractivity contribution in [3.05, 3.63) is 164 Å².